The second-order valence-corrected chi connectivity index (χ2v) is 4.05. The zero-order chi connectivity index (χ0) is 12.3. The Balaban J connectivity index is 2.34. The molecule has 0 N–H and O–H groups in total. The van der Waals surface area contributed by atoms with Crippen LogP contribution in [0, 0.1) is 6.92 Å². The summed E-state index contributed by atoms with van der Waals surface area (Å²) >= 11 is 0. The maximum absolute atomic E-state index is 5.22. The quantitative estimate of drug-likeness (QED) is 0.791. The Labute approximate surface area is 102 Å². The number of rotatable bonds is 3. The lowest BCUT2D eigenvalue weighted by atomic mass is 10.1. The molecule has 0 unspecified atom stereocenters. The van der Waals surface area contributed by atoms with Crippen LogP contribution in [0.5, 0.6) is 5.75 Å². The zero-order valence-electron chi connectivity index (χ0n) is 10.5. The lowest BCUT2D eigenvalue weighted by molar-refractivity contribution is 0.414. The van der Waals surface area contributed by atoms with Crippen molar-refractivity contribution in [1.29, 1.82) is 0 Å². The minimum atomic E-state index is 0.896. The molecule has 2 heteroatoms. The van der Waals surface area contributed by atoms with Crippen molar-refractivity contribution in [3.63, 3.8) is 0 Å². The first-order valence-electron chi connectivity index (χ1n) is 5.66. The van der Waals surface area contributed by atoms with Gasteiger partial charge in [-0.15, -0.1) is 0 Å². The van der Waals surface area contributed by atoms with Gasteiger partial charge in [-0.25, -0.2) is 0 Å². The standard InChI is InChI=1S/C15H17NO/c1-12-11-14(17-3)9-10-15(12)16(2)13-7-5-4-6-8-13/h4-11H,1-3H3. The van der Waals surface area contributed by atoms with Crippen molar-refractivity contribution in [2.75, 3.05) is 19.1 Å². The number of benzene rings is 2. The Bertz CT molecular complexity index is 494. The summed E-state index contributed by atoms with van der Waals surface area (Å²) in [6, 6.07) is 16.4. The number of para-hydroxylation sites is 1. The third-order valence-corrected chi connectivity index (χ3v) is 2.91. The lowest BCUT2D eigenvalue weighted by Gasteiger charge is -2.21. The molecule has 0 saturated heterocycles. The molecular formula is C15H17NO. The summed E-state index contributed by atoms with van der Waals surface area (Å²) in [6.45, 7) is 2.09. The molecule has 0 bridgehead atoms. The van der Waals surface area contributed by atoms with Crippen LogP contribution >= 0.6 is 0 Å². The zero-order valence-corrected chi connectivity index (χ0v) is 10.5. The van der Waals surface area contributed by atoms with E-state index in [2.05, 4.69) is 43.1 Å². The molecule has 0 heterocycles. The first kappa shape index (κ1) is 11.5. The second kappa shape index (κ2) is 4.91. The predicted octanol–water partition coefficient (Wildman–Crippen LogP) is 3.77. The van der Waals surface area contributed by atoms with Crippen LogP contribution in [0.2, 0.25) is 0 Å². The Hall–Kier alpha value is -1.96. The molecule has 0 fully saturated rings. The van der Waals surface area contributed by atoms with Gasteiger partial charge >= 0.3 is 0 Å². The van der Waals surface area contributed by atoms with Gasteiger partial charge in [0.25, 0.3) is 0 Å². The molecule has 0 amide bonds. The lowest BCUT2D eigenvalue weighted by Crippen LogP contribution is -2.10. The molecule has 88 valence electrons. The Morgan fingerprint density at radius 2 is 1.71 bits per heavy atom. The highest BCUT2D eigenvalue weighted by atomic mass is 16.5. The highest BCUT2D eigenvalue weighted by Crippen LogP contribution is 2.28. The number of methoxy groups -OCH3 is 1. The van der Waals surface area contributed by atoms with Gasteiger partial charge in [-0.2, -0.15) is 0 Å². The molecule has 0 spiro atoms. The van der Waals surface area contributed by atoms with Gasteiger partial charge in [-0.05, 0) is 42.8 Å². The van der Waals surface area contributed by atoms with Crippen LogP contribution in [0.3, 0.4) is 0 Å². The van der Waals surface area contributed by atoms with Crippen LogP contribution in [0.4, 0.5) is 11.4 Å². The summed E-state index contributed by atoms with van der Waals surface area (Å²) in [7, 11) is 3.76. The number of aryl methyl sites for hydroxylation is 1. The number of anilines is 2. The van der Waals surface area contributed by atoms with Gasteiger partial charge in [-0.1, -0.05) is 18.2 Å². The minimum absolute atomic E-state index is 0.896. The molecule has 2 aromatic rings. The van der Waals surface area contributed by atoms with E-state index >= 15 is 0 Å². The van der Waals surface area contributed by atoms with E-state index in [4.69, 9.17) is 4.74 Å². The topological polar surface area (TPSA) is 12.5 Å². The van der Waals surface area contributed by atoms with Crippen molar-refractivity contribution in [1.82, 2.24) is 0 Å². The minimum Gasteiger partial charge on any atom is -0.497 e. The summed E-state index contributed by atoms with van der Waals surface area (Å²) in [5.74, 6) is 0.896. The summed E-state index contributed by atoms with van der Waals surface area (Å²) < 4.78 is 5.22. The molecule has 17 heavy (non-hydrogen) atoms. The Morgan fingerprint density at radius 3 is 2.29 bits per heavy atom. The third-order valence-electron chi connectivity index (χ3n) is 2.91. The molecule has 0 radical (unpaired) electrons. The van der Waals surface area contributed by atoms with E-state index in [0.717, 1.165) is 5.75 Å². The van der Waals surface area contributed by atoms with Crippen LogP contribution in [-0.2, 0) is 0 Å². The van der Waals surface area contributed by atoms with Crippen LogP contribution < -0.4 is 9.64 Å². The molecule has 2 rings (SSSR count). The third kappa shape index (κ3) is 2.41. The van der Waals surface area contributed by atoms with Crippen molar-refractivity contribution < 1.29 is 4.74 Å². The highest BCUT2D eigenvalue weighted by molar-refractivity contribution is 5.66. The molecule has 2 nitrogen and oxygen atoms in total. The first-order chi connectivity index (χ1) is 8.22. The van der Waals surface area contributed by atoms with Gasteiger partial charge < -0.3 is 9.64 Å². The fourth-order valence-electron chi connectivity index (χ4n) is 1.92. The molecule has 0 saturated carbocycles. The molecule has 0 aliphatic heterocycles. The maximum Gasteiger partial charge on any atom is 0.119 e. The van der Waals surface area contributed by atoms with Crippen molar-refractivity contribution >= 4 is 11.4 Å². The largest absolute Gasteiger partial charge is 0.497 e. The fourth-order valence-corrected chi connectivity index (χ4v) is 1.92. The fraction of sp³-hybridized carbons (Fsp3) is 0.200. The van der Waals surface area contributed by atoms with Gasteiger partial charge in [0.15, 0.2) is 0 Å². The van der Waals surface area contributed by atoms with Gasteiger partial charge in [0.05, 0.1) is 7.11 Å². The van der Waals surface area contributed by atoms with E-state index in [1.165, 1.54) is 16.9 Å². The highest BCUT2D eigenvalue weighted by Gasteiger charge is 2.07. The summed E-state index contributed by atoms with van der Waals surface area (Å²) in [6.07, 6.45) is 0. The second-order valence-electron chi connectivity index (χ2n) is 4.05. The van der Waals surface area contributed by atoms with Crippen molar-refractivity contribution in [3.8, 4) is 5.75 Å². The number of nitrogens with zero attached hydrogens (tertiary/aromatic N) is 1. The average Bonchev–Trinajstić information content (AvgIpc) is 2.39. The van der Waals surface area contributed by atoms with Gasteiger partial charge in [-0.3, -0.25) is 0 Å². The summed E-state index contributed by atoms with van der Waals surface area (Å²) in [4.78, 5) is 2.18. The molecular weight excluding hydrogens is 210 g/mol. The van der Waals surface area contributed by atoms with Crippen LogP contribution in [0.1, 0.15) is 5.56 Å². The van der Waals surface area contributed by atoms with Crippen molar-refractivity contribution in [2.45, 2.75) is 6.92 Å². The molecule has 0 aromatic heterocycles. The van der Waals surface area contributed by atoms with E-state index in [9.17, 15) is 0 Å². The van der Waals surface area contributed by atoms with Crippen LogP contribution in [-0.4, -0.2) is 14.2 Å². The van der Waals surface area contributed by atoms with Crippen molar-refractivity contribution in [2.24, 2.45) is 0 Å². The Kier molecular flexibility index (Phi) is 3.33. The van der Waals surface area contributed by atoms with Crippen LogP contribution in [0.15, 0.2) is 48.5 Å². The van der Waals surface area contributed by atoms with E-state index in [0.29, 0.717) is 0 Å². The molecule has 0 atom stereocenters. The SMILES string of the molecule is COc1ccc(N(C)c2ccccc2)c(C)c1. The first-order valence-corrected chi connectivity index (χ1v) is 5.66. The molecule has 2 aromatic carbocycles. The smallest absolute Gasteiger partial charge is 0.119 e. The normalized spacial score (nSPS) is 10.1. The van der Waals surface area contributed by atoms with Crippen LogP contribution in [0.25, 0.3) is 0 Å². The van der Waals surface area contributed by atoms with Crippen molar-refractivity contribution in [3.05, 3.63) is 54.1 Å². The van der Waals surface area contributed by atoms with Gasteiger partial charge in [0.1, 0.15) is 5.75 Å². The van der Waals surface area contributed by atoms with E-state index in [-0.39, 0.29) is 0 Å². The van der Waals surface area contributed by atoms with E-state index in [1.807, 2.05) is 24.3 Å². The number of ether oxygens (including phenoxy) is 1. The van der Waals surface area contributed by atoms with Gasteiger partial charge in [0, 0.05) is 18.4 Å². The predicted molar refractivity (Wildman–Crippen MR) is 72.2 cm³/mol. The summed E-state index contributed by atoms with van der Waals surface area (Å²) in [5, 5.41) is 0. The molecule has 0 aliphatic rings. The molecule has 0 aliphatic carbocycles. The van der Waals surface area contributed by atoms with E-state index in [1.54, 1.807) is 7.11 Å². The van der Waals surface area contributed by atoms with E-state index < -0.39 is 0 Å². The monoisotopic (exact) mass is 227 g/mol. The van der Waals surface area contributed by atoms with Gasteiger partial charge in [0.2, 0.25) is 0 Å². The summed E-state index contributed by atoms with van der Waals surface area (Å²) in [5.41, 5.74) is 3.58. The maximum atomic E-state index is 5.22. The Morgan fingerprint density at radius 1 is 1.00 bits per heavy atom. The average molecular weight is 227 g/mol. The number of hydrogen-bond acceptors (Lipinski definition) is 2. The number of hydrogen-bond donors (Lipinski definition) is 0.